The summed E-state index contributed by atoms with van der Waals surface area (Å²) < 4.78 is 0. The van der Waals surface area contributed by atoms with Gasteiger partial charge in [0.1, 0.15) is 0 Å². The highest BCUT2D eigenvalue weighted by Gasteiger charge is 2.47. The second-order valence-corrected chi connectivity index (χ2v) is 14.7. The lowest BCUT2D eigenvalue weighted by Crippen LogP contribution is -2.29. The molecule has 0 bridgehead atoms. The van der Waals surface area contributed by atoms with Crippen LogP contribution >= 0.6 is 0 Å². The Morgan fingerprint density at radius 1 is 0.436 bits per heavy atom. The summed E-state index contributed by atoms with van der Waals surface area (Å²) in [6.07, 6.45) is 12.4. The van der Waals surface area contributed by atoms with Gasteiger partial charge in [-0.25, -0.2) is 0 Å². The van der Waals surface area contributed by atoms with E-state index in [0.29, 0.717) is 0 Å². The standard InChI is InChI=1S/C54H37N/c1-2-5-21-41(20-4-1)54(42-22-6-3-7-23-42)48-27-13-12-26-46(48)47-35-34-43(36-49(47)54)55(50-28-14-18-39-32-30-37-16-8-10-24-44(37)52(39)50)51-29-15-19-40-33-31-38-17-9-11-25-45(38)53(40)51/h1,3-36H,2H2. The van der Waals surface area contributed by atoms with Crippen molar-refractivity contribution in [3.8, 4) is 11.1 Å². The van der Waals surface area contributed by atoms with Crippen molar-refractivity contribution in [2.24, 2.45) is 0 Å². The molecule has 0 radical (unpaired) electrons. The quantitative estimate of drug-likeness (QED) is 0.162. The minimum atomic E-state index is -0.517. The number of anilines is 3. The molecular weight excluding hydrogens is 663 g/mol. The summed E-state index contributed by atoms with van der Waals surface area (Å²) >= 11 is 0. The Balaban J connectivity index is 1.28. The first-order valence-corrected chi connectivity index (χ1v) is 19.3. The SMILES string of the molecule is C1=CCC=CC(C2(c3ccccc3)c3ccccc3-c3ccc(N(c4cccc5ccc6ccccc6c45)c4cccc5ccc6ccccc6c45)cc32)=C1. The van der Waals surface area contributed by atoms with Crippen LogP contribution in [0.3, 0.4) is 0 Å². The third-order valence-electron chi connectivity index (χ3n) is 11.9. The molecule has 2 aliphatic rings. The van der Waals surface area contributed by atoms with Crippen LogP contribution in [-0.2, 0) is 5.41 Å². The Hall–Kier alpha value is -6.96. The zero-order chi connectivity index (χ0) is 36.3. The molecule has 0 heterocycles. The molecule has 0 N–H and O–H groups in total. The maximum absolute atomic E-state index is 2.54. The Bertz CT molecular complexity index is 2950. The third kappa shape index (κ3) is 4.73. The maximum Gasteiger partial charge on any atom is 0.0714 e. The summed E-state index contributed by atoms with van der Waals surface area (Å²) in [7, 11) is 0. The van der Waals surface area contributed by atoms with E-state index in [1.54, 1.807) is 0 Å². The van der Waals surface area contributed by atoms with Gasteiger partial charge in [0.05, 0.1) is 16.8 Å². The smallest absolute Gasteiger partial charge is 0.0714 e. The van der Waals surface area contributed by atoms with Crippen LogP contribution < -0.4 is 4.90 Å². The van der Waals surface area contributed by atoms with Gasteiger partial charge in [0.2, 0.25) is 0 Å². The lowest BCUT2D eigenvalue weighted by Gasteiger charge is -2.36. The fraction of sp³-hybridized carbons (Fsp3) is 0.0370. The summed E-state index contributed by atoms with van der Waals surface area (Å²) in [6, 6.07) is 67.6. The van der Waals surface area contributed by atoms with Gasteiger partial charge in [0, 0.05) is 16.5 Å². The van der Waals surface area contributed by atoms with Gasteiger partial charge in [-0.15, -0.1) is 0 Å². The molecule has 0 amide bonds. The number of fused-ring (bicyclic) bond motifs is 9. The third-order valence-corrected chi connectivity index (χ3v) is 11.9. The Labute approximate surface area is 321 Å². The second-order valence-electron chi connectivity index (χ2n) is 14.7. The number of benzene rings is 9. The molecule has 1 atom stereocenters. The predicted octanol–water partition coefficient (Wildman–Crippen LogP) is 14.5. The zero-order valence-corrected chi connectivity index (χ0v) is 30.4. The summed E-state index contributed by atoms with van der Waals surface area (Å²) in [5.41, 5.74) is 10.6. The van der Waals surface area contributed by atoms with Crippen LogP contribution in [0.4, 0.5) is 17.1 Å². The molecule has 0 saturated carbocycles. The van der Waals surface area contributed by atoms with Gasteiger partial charge < -0.3 is 4.90 Å². The van der Waals surface area contributed by atoms with Gasteiger partial charge >= 0.3 is 0 Å². The monoisotopic (exact) mass is 699 g/mol. The minimum absolute atomic E-state index is 0.517. The van der Waals surface area contributed by atoms with Crippen molar-refractivity contribution in [1.29, 1.82) is 0 Å². The van der Waals surface area contributed by atoms with E-state index in [2.05, 4.69) is 217 Å². The number of rotatable bonds is 5. The van der Waals surface area contributed by atoms with Gasteiger partial charge in [0.15, 0.2) is 0 Å². The van der Waals surface area contributed by atoms with Crippen LogP contribution in [-0.4, -0.2) is 0 Å². The molecule has 1 nitrogen and oxygen atoms in total. The lowest BCUT2D eigenvalue weighted by molar-refractivity contribution is 0.767. The van der Waals surface area contributed by atoms with Crippen molar-refractivity contribution in [2.45, 2.75) is 11.8 Å². The zero-order valence-electron chi connectivity index (χ0n) is 30.4. The van der Waals surface area contributed by atoms with E-state index in [-0.39, 0.29) is 0 Å². The first-order chi connectivity index (χ1) is 27.3. The summed E-state index contributed by atoms with van der Waals surface area (Å²) in [5.74, 6) is 0. The van der Waals surface area contributed by atoms with E-state index in [9.17, 15) is 0 Å². The lowest BCUT2D eigenvalue weighted by atomic mass is 9.67. The molecule has 2 aliphatic carbocycles. The molecule has 0 saturated heterocycles. The van der Waals surface area contributed by atoms with Gasteiger partial charge in [-0.05, 0) is 96.4 Å². The van der Waals surface area contributed by atoms with Crippen LogP contribution in [0.5, 0.6) is 0 Å². The second kappa shape index (κ2) is 12.6. The molecule has 11 rings (SSSR count). The highest BCUT2D eigenvalue weighted by molar-refractivity contribution is 6.19. The Morgan fingerprint density at radius 2 is 1.02 bits per heavy atom. The highest BCUT2D eigenvalue weighted by atomic mass is 15.1. The van der Waals surface area contributed by atoms with Gasteiger partial charge in [-0.1, -0.05) is 188 Å². The van der Waals surface area contributed by atoms with E-state index in [4.69, 9.17) is 0 Å². The van der Waals surface area contributed by atoms with Crippen LogP contribution in [0.25, 0.3) is 54.2 Å². The van der Waals surface area contributed by atoms with Crippen molar-refractivity contribution in [3.05, 3.63) is 235 Å². The highest BCUT2D eigenvalue weighted by Crippen LogP contribution is 2.58. The average molecular weight is 700 g/mol. The van der Waals surface area contributed by atoms with Gasteiger partial charge in [0.25, 0.3) is 0 Å². The largest absolute Gasteiger partial charge is 0.309 e. The summed E-state index contributed by atoms with van der Waals surface area (Å²) in [4.78, 5) is 2.54. The van der Waals surface area contributed by atoms with Crippen molar-refractivity contribution in [1.82, 2.24) is 0 Å². The summed E-state index contributed by atoms with van der Waals surface area (Å²) in [5, 5.41) is 9.90. The van der Waals surface area contributed by atoms with E-state index in [1.165, 1.54) is 76.5 Å². The average Bonchev–Trinajstić information content (AvgIpc) is 3.35. The number of nitrogens with zero attached hydrogens (tertiary/aromatic N) is 1. The van der Waals surface area contributed by atoms with E-state index < -0.39 is 5.41 Å². The summed E-state index contributed by atoms with van der Waals surface area (Å²) in [6.45, 7) is 0. The molecule has 0 spiro atoms. The van der Waals surface area contributed by atoms with Crippen molar-refractivity contribution in [2.75, 3.05) is 4.90 Å². The topological polar surface area (TPSA) is 3.24 Å². The fourth-order valence-electron chi connectivity index (χ4n) is 9.57. The first kappa shape index (κ1) is 31.6. The molecule has 1 heteroatoms. The predicted molar refractivity (Wildman–Crippen MR) is 234 cm³/mol. The maximum atomic E-state index is 2.54. The van der Waals surface area contributed by atoms with Crippen LogP contribution in [0.2, 0.25) is 0 Å². The molecule has 0 fully saturated rings. The fourth-order valence-corrected chi connectivity index (χ4v) is 9.57. The molecule has 9 aromatic rings. The molecule has 258 valence electrons. The molecule has 9 aromatic carbocycles. The number of allylic oxidation sites excluding steroid dienone is 6. The molecular formula is C54H37N. The van der Waals surface area contributed by atoms with Crippen molar-refractivity contribution < 1.29 is 0 Å². The normalized spacial score (nSPS) is 16.0. The molecule has 1 unspecified atom stereocenters. The molecule has 0 aromatic heterocycles. The number of hydrogen-bond donors (Lipinski definition) is 0. The van der Waals surface area contributed by atoms with Gasteiger partial charge in [-0.2, -0.15) is 0 Å². The van der Waals surface area contributed by atoms with Crippen molar-refractivity contribution in [3.63, 3.8) is 0 Å². The van der Waals surface area contributed by atoms with Crippen molar-refractivity contribution >= 4 is 60.2 Å². The molecule has 55 heavy (non-hydrogen) atoms. The van der Waals surface area contributed by atoms with E-state index >= 15 is 0 Å². The van der Waals surface area contributed by atoms with E-state index in [0.717, 1.165) is 23.5 Å². The molecule has 0 aliphatic heterocycles. The van der Waals surface area contributed by atoms with Crippen LogP contribution in [0.15, 0.2) is 218 Å². The van der Waals surface area contributed by atoms with Crippen LogP contribution in [0.1, 0.15) is 23.1 Å². The minimum Gasteiger partial charge on any atom is -0.309 e. The van der Waals surface area contributed by atoms with Crippen LogP contribution in [0, 0.1) is 0 Å². The van der Waals surface area contributed by atoms with E-state index in [1.807, 2.05) is 0 Å². The first-order valence-electron chi connectivity index (χ1n) is 19.3. The Morgan fingerprint density at radius 3 is 1.73 bits per heavy atom. The Kier molecular flexibility index (Phi) is 7.22. The van der Waals surface area contributed by atoms with Gasteiger partial charge in [-0.3, -0.25) is 0 Å². The number of hydrogen-bond acceptors (Lipinski definition) is 1.